The van der Waals surface area contributed by atoms with Crippen LogP contribution in [0, 0.1) is 0 Å². The van der Waals surface area contributed by atoms with E-state index in [1.54, 1.807) is 16.8 Å². The normalized spacial score (nSPS) is 17.1. The van der Waals surface area contributed by atoms with Gasteiger partial charge in [0.1, 0.15) is 0 Å². The lowest BCUT2D eigenvalue weighted by atomic mass is 10.2. The second-order valence-corrected chi connectivity index (χ2v) is 7.34. The van der Waals surface area contributed by atoms with Crippen molar-refractivity contribution < 1.29 is 14.3 Å². The standard InChI is InChI=1S/C20H26N6O3/c1-2-21-19(27)14-3-7-16(8-4-14)26-17(13-25-9-11-29-12-10-25)18(23-24-26)20(28)22-15-5-6-15/h3-4,7-8,15H,2,5-6,9-13H2,1H3,(H,21,27)(H,22,28). The van der Waals surface area contributed by atoms with Crippen molar-refractivity contribution in [1.82, 2.24) is 30.5 Å². The van der Waals surface area contributed by atoms with Crippen LogP contribution in [0.3, 0.4) is 0 Å². The van der Waals surface area contributed by atoms with Gasteiger partial charge in [0.05, 0.1) is 24.6 Å². The largest absolute Gasteiger partial charge is 0.379 e. The number of carbonyl (C=O) groups excluding carboxylic acids is 2. The smallest absolute Gasteiger partial charge is 0.274 e. The predicted molar refractivity (Wildman–Crippen MR) is 106 cm³/mol. The number of aromatic nitrogens is 3. The Morgan fingerprint density at radius 3 is 2.52 bits per heavy atom. The van der Waals surface area contributed by atoms with Gasteiger partial charge >= 0.3 is 0 Å². The molecular formula is C20H26N6O3. The predicted octanol–water partition coefficient (Wildman–Crippen LogP) is 0.741. The Hall–Kier alpha value is -2.78. The van der Waals surface area contributed by atoms with Crippen LogP contribution in [0.25, 0.3) is 5.69 Å². The molecule has 154 valence electrons. The quantitative estimate of drug-likeness (QED) is 0.714. The van der Waals surface area contributed by atoms with Gasteiger partial charge < -0.3 is 15.4 Å². The summed E-state index contributed by atoms with van der Waals surface area (Å²) in [6.45, 7) is 5.96. The molecule has 2 aromatic rings. The van der Waals surface area contributed by atoms with E-state index in [1.807, 2.05) is 19.1 Å². The summed E-state index contributed by atoms with van der Waals surface area (Å²) in [6, 6.07) is 7.41. The SMILES string of the molecule is CCNC(=O)c1ccc(-n2nnc(C(=O)NC3CC3)c2CN2CCOCC2)cc1. The van der Waals surface area contributed by atoms with Crippen LogP contribution < -0.4 is 10.6 Å². The van der Waals surface area contributed by atoms with Crippen molar-refractivity contribution in [2.24, 2.45) is 0 Å². The monoisotopic (exact) mass is 398 g/mol. The minimum absolute atomic E-state index is 0.115. The van der Waals surface area contributed by atoms with E-state index in [2.05, 4.69) is 25.8 Å². The molecule has 2 amide bonds. The summed E-state index contributed by atoms with van der Waals surface area (Å²) in [5.74, 6) is -0.295. The van der Waals surface area contributed by atoms with Crippen molar-refractivity contribution in [2.45, 2.75) is 32.4 Å². The highest BCUT2D eigenvalue weighted by atomic mass is 16.5. The van der Waals surface area contributed by atoms with Gasteiger partial charge in [-0.05, 0) is 44.0 Å². The van der Waals surface area contributed by atoms with Crippen LogP contribution in [-0.2, 0) is 11.3 Å². The van der Waals surface area contributed by atoms with E-state index in [4.69, 9.17) is 4.74 Å². The van der Waals surface area contributed by atoms with Crippen LogP contribution in [0.1, 0.15) is 46.3 Å². The van der Waals surface area contributed by atoms with Crippen molar-refractivity contribution in [3.05, 3.63) is 41.2 Å². The molecule has 0 bridgehead atoms. The summed E-state index contributed by atoms with van der Waals surface area (Å²) < 4.78 is 7.12. The highest BCUT2D eigenvalue weighted by molar-refractivity contribution is 5.94. The van der Waals surface area contributed by atoms with E-state index in [0.29, 0.717) is 37.6 Å². The van der Waals surface area contributed by atoms with Gasteiger partial charge in [0, 0.05) is 37.8 Å². The first-order valence-corrected chi connectivity index (χ1v) is 10.1. The fourth-order valence-electron chi connectivity index (χ4n) is 3.30. The van der Waals surface area contributed by atoms with Crippen molar-refractivity contribution in [1.29, 1.82) is 0 Å². The van der Waals surface area contributed by atoms with Crippen LogP contribution >= 0.6 is 0 Å². The fraction of sp³-hybridized carbons (Fsp3) is 0.500. The van der Waals surface area contributed by atoms with Gasteiger partial charge in [-0.1, -0.05) is 5.21 Å². The van der Waals surface area contributed by atoms with Crippen molar-refractivity contribution in [3.8, 4) is 5.69 Å². The molecule has 4 rings (SSSR count). The summed E-state index contributed by atoms with van der Waals surface area (Å²) in [7, 11) is 0. The van der Waals surface area contributed by atoms with E-state index in [-0.39, 0.29) is 17.9 Å². The van der Waals surface area contributed by atoms with E-state index >= 15 is 0 Å². The van der Waals surface area contributed by atoms with Gasteiger partial charge in [-0.15, -0.1) is 5.10 Å². The maximum absolute atomic E-state index is 12.7. The van der Waals surface area contributed by atoms with Crippen molar-refractivity contribution in [3.63, 3.8) is 0 Å². The van der Waals surface area contributed by atoms with E-state index in [9.17, 15) is 9.59 Å². The molecular weight excluding hydrogens is 372 g/mol. The molecule has 1 aromatic heterocycles. The number of amides is 2. The summed E-state index contributed by atoms with van der Waals surface area (Å²) >= 11 is 0. The number of nitrogens with one attached hydrogen (secondary N) is 2. The molecule has 0 atom stereocenters. The maximum Gasteiger partial charge on any atom is 0.274 e. The first-order valence-electron chi connectivity index (χ1n) is 10.1. The third kappa shape index (κ3) is 4.63. The van der Waals surface area contributed by atoms with Crippen LogP contribution in [0.4, 0.5) is 0 Å². The molecule has 9 heteroatoms. The number of hydrogen-bond acceptors (Lipinski definition) is 6. The number of hydrogen-bond donors (Lipinski definition) is 2. The highest BCUT2D eigenvalue weighted by Crippen LogP contribution is 2.21. The molecule has 0 unspecified atom stereocenters. The number of rotatable bonds is 7. The second-order valence-electron chi connectivity index (χ2n) is 7.34. The van der Waals surface area contributed by atoms with Gasteiger partial charge in [0.2, 0.25) is 0 Å². The van der Waals surface area contributed by atoms with Gasteiger partial charge in [0.15, 0.2) is 5.69 Å². The average Bonchev–Trinajstić information content (AvgIpc) is 3.46. The molecule has 29 heavy (non-hydrogen) atoms. The third-order valence-electron chi connectivity index (χ3n) is 5.08. The molecule has 1 aliphatic carbocycles. The molecule has 0 spiro atoms. The lowest BCUT2D eigenvalue weighted by molar-refractivity contribution is 0.0332. The molecule has 1 aromatic carbocycles. The number of carbonyl (C=O) groups is 2. The summed E-state index contributed by atoms with van der Waals surface area (Å²) in [4.78, 5) is 26.9. The van der Waals surface area contributed by atoms with E-state index in [0.717, 1.165) is 37.3 Å². The molecule has 2 aliphatic rings. The first-order chi connectivity index (χ1) is 14.2. The van der Waals surface area contributed by atoms with E-state index in [1.165, 1.54) is 0 Å². The van der Waals surface area contributed by atoms with Gasteiger partial charge in [-0.25, -0.2) is 4.68 Å². The van der Waals surface area contributed by atoms with Crippen LogP contribution in [0.2, 0.25) is 0 Å². The van der Waals surface area contributed by atoms with Crippen molar-refractivity contribution in [2.75, 3.05) is 32.8 Å². The molecule has 2 heterocycles. The Morgan fingerprint density at radius 1 is 1.14 bits per heavy atom. The number of benzene rings is 1. The number of ether oxygens (including phenoxy) is 1. The minimum atomic E-state index is -0.180. The molecule has 1 aliphatic heterocycles. The Labute approximate surface area is 169 Å². The summed E-state index contributed by atoms with van der Waals surface area (Å²) in [5, 5.41) is 14.2. The molecule has 2 fully saturated rings. The Morgan fingerprint density at radius 2 is 1.86 bits per heavy atom. The molecule has 9 nitrogen and oxygen atoms in total. The Balaban J connectivity index is 1.61. The third-order valence-corrected chi connectivity index (χ3v) is 5.08. The zero-order valence-electron chi connectivity index (χ0n) is 16.6. The molecule has 2 N–H and O–H groups in total. The van der Waals surface area contributed by atoms with Gasteiger partial charge in [0.25, 0.3) is 11.8 Å². The zero-order valence-corrected chi connectivity index (χ0v) is 16.6. The molecule has 0 radical (unpaired) electrons. The number of nitrogens with zero attached hydrogens (tertiary/aromatic N) is 4. The van der Waals surface area contributed by atoms with E-state index < -0.39 is 0 Å². The van der Waals surface area contributed by atoms with Crippen LogP contribution in [-0.4, -0.2) is 70.6 Å². The van der Waals surface area contributed by atoms with Gasteiger partial charge in [-0.2, -0.15) is 0 Å². The topological polar surface area (TPSA) is 101 Å². The zero-order chi connectivity index (χ0) is 20.2. The lowest BCUT2D eigenvalue weighted by Crippen LogP contribution is -2.37. The molecule has 1 saturated heterocycles. The summed E-state index contributed by atoms with van der Waals surface area (Å²) in [5.41, 5.74) is 2.45. The second kappa shape index (κ2) is 8.71. The first kappa shape index (κ1) is 19.5. The van der Waals surface area contributed by atoms with Crippen LogP contribution in [0.5, 0.6) is 0 Å². The lowest BCUT2D eigenvalue weighted by Gasteiger charge is -2.26. The van der Waals surface area contributed by atoms with Crippen molar-refractivity contribution >= 4 is 11.8 Å². The number of morpholine rings is 1. The minimum Gasteiger partial charge on any atom is -0.379 e. The average molecular weight is 398 g/mol. The highest BCUT2D eigenvalue weighted by Gasteiger charge is 2.28. The maximum atomic E-state index is 12.7. The Bertz CT molecular complexity index is 869. The summed E-state index contributed by atoms with van der Waals surface area (Å²) in [6.07, 6.45) is 2.03. The van der Waals surface area contributed by atoms with Crippen LogP contribution in [0.15, 0.2) is 24.3 Å². The Kier molecular flexibility index (Phi) is 5.86. The fourth-order valence-corrected chi connectivity index (χ4v) is 3.30. The molecule has 1 saturated carbocycles. The van der Waals surface area contributed by atoms with Gasteiger partial charge in [-0.3, -0.25) is 14.5 Å².